The molecule has 0 fully saturated rings. The Labute approximate surface area is 148 Å². The molecule has 3 rings (SSSR count). The van der Waals surface area contributed by atoms with E-state index in [1.807, 2.05) is 6.08 Å². The summed E-state index contributed by atoms with van der Waals surface area (Å²) in [6.07, 6.45) is 1.97. The minimum Gasteiger partial charge on any atom is -0.495 e. The van der Waals surface area contributed by atoms with Gasteiger partial charge in [0.25, 0.3) is 5.91 Å². The number of carbonyl (C=O) groups excluding carboxylic acids is 1. The summed E-state index contributed by atoms with van der Waals surface area (Å²) in [7, 11) is 1.57. The van der Waals surface area contributed by atoms with Crippen molar-refractivity contribution in [3.05, 3.63) is 49.0 Å². The monoisotopic (exact) mass is 365 g/mol. The van der Waals surface area contributed by atoms with Crippen molar-refractivity contribution < 1.29 is 9.53 Å². The van der Waals surface area contributed by atoms with Crippen molar-refractivity contribution in [2.75, 3.05) is 12.4 Å². The Bertz CT molecular complexity index is 811. The maximum absolute atomic E-state index is 12.6. The molecule has 2 heterocycles. The Morgan fingerprint density at radius 1 is 1.35 bits per heavy atom. The van der Waals surface area contributed by atoms with Gasteiger partial charge in [-0.3, -0.25) is 4.79 Å². The van der Waals surface area contributed by atoms with E-state index in [0.717, 1.165) is 5.75 Å². The number of halogens is 1. The van der Waals surface area contributed by atoms with Crippen molar-refractivity contribution in [2.45, 2.75) is 19.6 Å². The number of methoxy groups -OCH3 is 1. The van der Waals surface area contributed by atoms with Gasteiger partial charge in [-0.25, -0.2) is 0 Å². The minimum absolute atomic E-state index is 0.134. The van der Waals surface area contributed by atoms with E-state index in [1.165, 1.54) is 20.9 Å². The normalized spacial score (nSPS) is 13.3. The molecule has 1 N–H and O–H groups in total. The molecule has 120 valence electrons. The largest absolute Gasteiger partial charge is 0.495 e. The quantitative estimate of drug-likeness (QED) is 0.806. The van der Waals surface area contributed by atoms with Crippen molar-refractivity contribution in [1.82, 2.24) is 0 Å². The highest BCUT2D eigenvalue weighted by atomic mass is 35.5. The number of thiophene rings is 1. The Morgan fingerprint density at radius 3 is 2.87 bits per heavy atom. The van der Waals surface area contributed by atoms with Gasteiger partial charge in [0.05, 0.1) is 17.7 Å². The minimum atomic E-state index is -0.134. The highest BCUT2D eigenvalue weighted by Crippen LogP contribution is 2.40. The van der Waals surface area contributed by atoms with Gasteiger partial charge >= 0.3 is 0 Å². The van der Waals surface area contributed by atoms with E-state index in [-0.39, 0.29) is 5.91 Å². The lowest BCUT2D eigenvalue weighted by molar-refractivity contribution is -0.112. The lowest BCUT2D eigenvalue weighted by atomic mass is 10.1. The number of nitrogens with one attached hydrogen (secondary N) is 1. The summed E-state index contributed by atoms with van der Waals surface area (Å²) in [4.78, 5) is 15.8. The molecular formula is C17H16ClNO2S2. The summed E-state index contributed by atoms with van der Waals surface area (Å²) in [5.41, 5.74) is 3.26. The van der Waals surface area contributed by atoms with Gasteiger partial charge in [-0.1, -0.05) is 11.6 Å². The van der Waals surface area contributed by atoms with Crippen LogP contribution in [0.1, 0.15) is 20.9 Å². The first-order valence-corrected chi connectivity index (χ1v) is 9.26. The van der Waals surface area contributed by atoms with E-state index in [0.29, 0.717) is 21.4 Å². The van der Waals surface area contributed by atoms with Gasteiger partial charge < -0.3 is 10.1 Å². The van der Waals surface area contributed by atoms with E-state index in [2.05, 4.69) is 19.2 Å². The molecule has 1 aromatic carbocycles. The first-order valence-electron chi connectivity index (χ1n) is 7.08. The smallest absolute Gasteiger partial charge is 0.262 e. The number of aryl methyl sites for hydroxylation is 1. The molecule has 0 saturated heterocycles. The first kappa shape index (κ1) is 16.4. The molecule has 1 aliphatic heterocycles. The van der Waals surface area contributed by atoms with Gasteiger partial charge in [-0.15, -0.1) is 23.1 Å². The SMILES string of the molecule is COc1ccc(Cl)cc1NC(=O)C1=Cc2sc(C)c(C)c2CS1. The highest BCUT2D eigenvalue weighted by Gasteiger charge is 2.21. The Hall–Kier alpha value is -1.43. The molecule has 1 aliphatic rings. The molecule has 1 amide bonds. The van der Waals surface area contributed by atoms with Gasteiger partial charge in [0.1, 0.15) is 5.75 Å². The molecule has 0 bridgehead atoms. The maximum Gasteiger partial charge on any atom is 0.262 e. The zero-order chi connectivity index (χ0) is 16.6. The second-order valence-corrected chi connectivity index (χ2v) is 7.93. The van der Waals surface area contributed by atoms with Gasteiger partial charge in [-0.2, -0.15) is 0 Å². The van der Waals surface area contributed by atoms with Crippen molar-refractivity contribution in [2.24, 2.45) is 0 Å². The van der Waals surface area contributed by atoms with Gasteiger partial charge in [0.15, 0.2) is 0 Å². The fraction of sp³-hybridized carbons (Fsp3) is 0.235. The average molecular weight is 366 g/mol. The third kappa shape index (κ3) is 3.27. The number of ether oxygens (including phenoxy) is 1. The van der Waals surface area contributed by atoms with Crippen LogP contribution in [0.15, 0.2) is 23.1 Å². The molecule has 1 aromatic heterocycles. The lowest BCUT2D eigenvalue weighted by Gasteiger charge is -2.15. The molecule has 0 aliphatic carbocycles. The van der Waals surface area contributed by atoms with Crippen LogP contribution in [0.25, 0.3) is 6.08 Å². The predicted octanol–water partition coefficient (Wildman–Crippen LogP) is 5.25. The summed E-state index contributed by atoms with van der Waals surface area (Å²) in [5, 5.41) is 3.45. The number of benzene rings is 1. The van der Waals surface area contributed by atoms with E-state index in [1.54, 1.807) is 48.4 Å². The second-order valence-electron chi connectivity index (χ2n) is 5.22. The first-order chi connectivity index (χ1) is 11.0. The van der Waals surface area contributed by atoms with Crippen LogP contribution in [0.2, 0.25) is 5.02 Å². The molecule has 0 unspecified atom stereocenters. The number of hydrogen-bond donors (Lipinski definition) is 1. The van der Waals surface area contributed by atoms with Crippen LogP contribution in [0.3, 0.4) is 0 Å². The van der Waals surface area contributed by atoms with Gasteiger partial charge in [-0.05, 0) is 49.2 Å². The van der Waals surface area contributed by atoms with E-state index < -0.39 is 0 Å². The fourth-order valence-electron chi connectivity index (χ4n) is 2.40. The number of fused-ring (bicyclic) bond motifs is 1. The molecule has 3 nitrogen and oxygen atoms in total. The van der Waals surface area contributed by atoms with Crippen LogP contribution in [-0.4, -0.2) is 13.0 Å². The van der Waals surface area contributed by atoms with Crippen LogP contribution < -0.4 is 10.1 Å². The molecular weight excluding hydrogens is 350 g/mol. The third-order valence-corrected chi connectivity index (χ3v) is 6.29. The van der Waals surface area contributed by atoms with Crippen molar-refractivity contribution in [3.63, 3.8) is 0 Å². The van der Waals surface area contributed by atoms with Crippen molar-refractivity contribution in [1.29, 1.82) is 0 Å². The highest BCUT2D eigenvalue weighted by molar-refractivity contribution is 8.03. The Morgan fingerprint density at radius 2 is 2.13 bits per heavy atom. The zero-order valence-electron chi connectivity index (χ0n) is 13.0. The number of hydrogen-bond acceptors (Lipinski definition) is 4. The summed E-state index contributed by atoms with van der Waals surface area (Å²) >= 11 is 9.30. The van der Waals surface area contributed by atoms with Crippen molar-refractivity contribution >= 4 is 52.4 Å². The molecule has 2 aromatic rings. The molecule has 0 radical (unpaired) electrons. The number of thioether (sulfide) groups is 1. The van der Waals surface area contributed by atoms with Gasteiger partial charge in [0.2, 0.25) is 0 Å². The number of anilines is 1. The van der Waals surface area contributed by atoms with Crippen LogP contribution >= 0.6 is 34.7 Å². The average Bonchev–Trinajstić information content (AvgIpc) is 2.82. The van der Waals surface area contributed by atoms with E-state index in [9.17, 15) is 4.79 Å². The second kappa shape index (κ2) is 6.59. The Kier molecular flexibility index (Phi) is 4.71. The topological polar surface area (TPSA) is 38.3 Å². The summed E-state index contributed by atoms with van der Waals surface area (Å²) in [6.45, 7) is 4.26. The molecule has 23 heavy (non-hydrogen) atoms. The standard InChI is InChI=1S/C17H16ClNO2S2/c1-9-10(2)23-15-7-16(22-8-12(9)15)17(20)19-13-6-11(18)4-5-14(13)21-3/h4-7H,8H2,1-3H3,(H,19,20). The van der Waals surface area contributed by atoms with Crippen molar-refractivity contribution in [3.8, 4) is 5.75 Å². The number of amides is 1. The van der Waals surface area contributed by atoms with E-state index >= 15 is 0 Å². The van der Waals surface area contributed by atoms with Gasteiger partial charge in [0, 0.05) is 20.5 Å². The van der Waals surface area contributed by atoms with Crippen LogP contribution in [0, 0.1) is 13.8 Å². The van der Waals surface area contributed by atoms with Crippen LogP contribution in [0.5, 0.6) is 5.75 Å². The summed E-state index contributed by atoms with van der Waals surface area (Å²) < 4.78 is 5.27. The van der Waals surface area contributed by atoms with Crippen LogP contribution in [0.4, 0.5) is 5.69 Å². The number of carbonyl (C=O) groups is 1. The maximum atomic E-state index is 12.6. The molecule has 0 atom stereocenters. The number of rotatable bonds is 3. The third-order valence-electron chi connectivity index (χ3n) is 3.81. The van der Waals surface area contributed by atoms with E-state index in [4.69, 9.17) is 16.3 Å². The molecule has 0 saturated carbocycles. The molecule has 6 heteroatoms. The zero-order valence-corrected chi connectivity index (χ0v) is 15.4. The predicted molar refractivity (Wildman–Crippen MR) is 99.7 cm³/mol. The lowest BCUT2D eigenvalue weighted by Crippen LogP contribution is -2.14. The fourth-order valence-corrected chi connectivity index (χ4v) is 4.92. The summed E-state index contributed by atoms with van der Waals surface area (Å²) in [5.74, 6) is 1.29. The molecule has 0 spiro atoms. The van der Waals surface area contributed by atoms with Crippen LogP contribution in [-0.2, 0) is 10.5 Å². The summed E-state index contributed by atoms with van der Waals surface area (Å²) in [6, 6.07) is 5.16. The Balaban J connectivity index is 1.86.